The molecule has 0 atom stereocenters. The summed E-state index contributed by atoms with van der Waals surface area (Å²) in [5, 5.41) is 22.1. The Morgan fingerprint density at radius 1 is 0.897 bits per heavy atom. The number of urea groups is 1. The molecule has 0 aromatic heterocycles. The molecule has 0 saturated heterocycles. The quantitative estimate of drug-likeness (QED) is 0.226. The first-order valence-corrected chi connectivity index (χ1v) is 13.8. The molecule has 3 N–H and O–H groups in total. The number of nitro groups is 1. The van der Waals surface area contributed by atoms with Crippen LogP contribution in [0.4, 0.5) is 20.6 Å². The number of nitrogens with one attached hydrogen (secondary N) is 2. The number of carbonyl (C=O) groups excluding carboxylic acids is 1. The van der Waals surface area contributed by atoms with Crippen LogP contribution in [-0.4, -0.2) is 49.7 Å². The lowest BCUT2D eigenvalue weighted by molar-refractivity contribution is -0.384. The summed E-state index contributed by atoms with van der Waals surface area (Å²) < 4.78 is 66.7. The van der Waals surface area contributed by atoms with E-state index in [1.54, 1.807) is 4.72 Å². The summed E-state index contributed by atoms with van der Waals surface area (Å²) in [6.45, 7) is -0.657. The highest BCUT2D eigenvalue weighted by atomic mass is 32.2. The van der Waals surface area contributed by atoms with E-state index < -0.39 is 55.8 Å². The van der Waals surface area contributed by atoms with E-state index >= 15 is 0 Å². The van der Waals surface area contributed by atoms with Crippen molar-refractivity contribution in [3.63, 3.8) is 0 Å². The van der Waals surface area contributed by atoms with Crippen molar-refractivity contribution in [1.82, 2.24) is 9.03 Å². The lowest BCUT2D eigenvalue weighted by Gasteiger charge is -2.22. The van der Waals surface area contributed by atoms with E-state index in [-0.39, 0.29) is 27.7 Å². The molecule has 0 aliphatic carbocycles. The summed E-state index contributed by atoms with van der Waals surface area (Å²) in [4.78, 5) is 32.9. The van der Waals surface area contributed by atoms with Crippen molar-refractivity contribution in [1.29, 1.82) is 0 Å². The number of hydrogen-bond acceptors (Lipinski definition) is 8. The van der Waals surface area contributed by atoms with Gasteiger partial charge in [-0.3, -0.25) is 14.9 Å². The van der Waals surface area contributed by atoms with Crippen molar-refractivity contribution in [2.24, 2.45) is 0 Å². The molecule has 0 radical (unpaired) electrons. The molecule has 2 amide bonds. The van der Waals surface area contributed by atoms with Gasteiger partial charge in [0, 0.05) is 30.9 Å². The number of carbonyl (C=O) groups is 2. The average molecular weight is 581 g/mol. The summed E-state index contributed by atoms with van der Waals surface area (Å²) in [5.41, 5.74) is 0.219. The molecular formula is C23H21FN4O9S2. The van der Waals surface area contributed by atoms with Crippen LogP contribution in [0.1, 0.15) is 12.0 Å². The molecule has 0 heterocycles. The first kappa shape index (κ1) is 29.2. The van der Waals surface area contributed by atoms with Gasteiger partial charge in [-0.15, -0.1) is 0 Å². The molecule has 0 aliphatic rings. The Bertz CT molecular complexity index is 1580. The molecule has 39 heavy (non-hydrogen) atoms. The maximum Gasteiger partial charge on any atom is 0.333 e. The van der Waals surface area contributed by atoms with Crippen LogP contribution in [0.25, 0.3) is 0 Å². The number of hydrogen-bond donors (Lipinski definition) is 3. The molecule has 0 unspecified atom stereocenters. The van der Waals surface area contributed by atoms with E-state index in [9.17, 15) is 40.9 Å². The Kier molecular flexibility index (Phi) is 8.95. The number of carboxylic acid groups (broad SMARTS) is 1. The summed E-state index contributed by atoms with van der Waals surface area (Å²) in [5.74, 6) is -1.90. The van der Waals surface area contributed by atoms with Crippen molar-refractivity contribution in [2.75, 3.05) is 11.9 Å². The fourth-order valence-electron chi connectivity index (χ4n) is 3.24. The van der Waals surface area contributed by atoms with Crippen molar-refractivity contribution in [3.05, 3.63) is 94.3 Å². The molecule has 0 saturated carbocycles. The highest BCUT2D eigenvalue weighted by molar-refractivity contribution is 7.90. The molecule has 13 nitrogen and oxygen atoms in total. The van der Waals surface area contributed by atoms with Gasteiger partial charge in [-0.25, -0.2) is 30.7 Å². The second-order valence-electron chi connectivity index (χ2n) is 7.94. The third kappa shape index (κ3) is 7.79. The van der Waals surface area contributed by atoms with Crippen LogP contribution < -0.4 is 10.0 Å². The SMILES string of the molecule is O=C(O)CCN(Cc1ccc([N+](=O)[O-])cc1)S(=O)(=O)c1ccc(NC(=O)NS(=O)(=O)c2ccc(F)cc2)cc1. The third-order valence-electron chi connectivity index (χ3n) is 5.18. The second-order valence-corrected chi connectivity index (χ2v) is 11.6. The number of carboxylic acids is 1. The zero-order valence-corrected chi connectivity index (χ0v) is 21.5. The summed E-state index contributed by atoms with van der Waals surface area (Å²) >= 11 is 0. The Hall–Kier alpha value is -4.41. The van der Waals surface area contributed by atoms with E-state index in [2.05, 4.69) is 5.32 Å². The monoisotopic (exact) mass is 580 g/mol. The fraction of sp³-hybridized carbons (Fsp3) is 0.130. The maximum atomic E-state index is 13.2. The van der Waals surface area contributed by atoms with Crippen molar-refractivity contribution >= 4 is 43.4 Å². The Morgan fingerprint density at radius 3 is 2.00 bits per heavy atom. The molecule has 3 aromatic carbocycles. The highest BCUT2D eigenvalue weighted by Gasteiger charge is 2.26. The predicted molar refractivity (Wildman–Crippen MR) is 135 cm³/mol. The van der Waals surface area contributed by atoms with Gasteiger partial charge in [-0.1, -0.05) is 12.1 Å². The van der Waals surface area contributed by atoms with Crippen LogP contribution in [-0.2, 0) is 31.4 Å². The van der Waals surface area contributed by atoms with Gasteiger partial charge >= 0.3 is 12.0 Å². The Labute approximate surface area is 222 Å². The van der Waals surface area contributed by atoms with Crippen molar-refractivity contribution < 1.29 is 40.8 Å². The zero-order valence-electron chi connectivity index (χ0n) is 19.9. The lowest BCUT2D eigenvalue weighted by Crippen LogP contribution is -2.34. The van der Waals surface area contributed by atoms with E-state index in [4.69, 9.17) is 5.11 Å². The zero-order chi connectivity index (χ0) is 28.8. The van der Waals surface area contributed by atoms with Gasteiger partial charge in [0.2, 0.25) is 10.0 Å². The van der Waals surface area contributed by atoms with Gasteiger partial charge in [-0.2, -0.15) is 4.31 Å². The first-order chi connectivity index (χ1) is 18.3. The number of amides is 2. The number of rotatable bonds is 11. The van der Waals surface area contributed by atoms with Gasteiger partial charge in [-0.05, 0) is 54.1 Å². The standard InChI is InChI=1S/C23H21FN4O9S2/c24-17-3-9-20(10-4-17)38(34,35)26-23(31)25-18-5-11-21(12-6-18)39(36,37)27(14-13-22(29)30)15-16-1-7-19(8-2-16)28(32)33/h1-12H,13-15H2,(H,29,30)(H2,25,26,31). The maximum absolute atomic E-state index is 13.2. The first-order valence-electron chi connectivity index (χ1n) is 10.9. The normalized spacial score (nSPS) is 11.6. The molecule has 0 fully saturated rings. The number of halogens is 1. The molecule has 206 valence electrons. The molecular weight excluding hydrogens is 559 g/mol. The van der Waals surface area contributed by atoms with Gasteiger partial charge in [0.1, 0.15) is 5.82 Å². The Morgan fingerprint density at radius 2 is 1.46 bits per heavy atom. The third-order valence-corrected chi connectivity index (χ3v) is 8.39. The van der Waals surface area contributed by atoms with Gasteiger partial charge in [0.05, 0.1) is 21.1 Å². The summed E-state index contributed by atoms with van der Waals surface area (Å²) in [7, 11) is -8.56. The molecule has 3 rings (SSSR count). The smallest absolute Gasteiger partial charge is 0.333 e. The minimum atomic E-state index is -4.31. The number of benzene rings is 3. The number of nitro benzene ring substituents is 1. The van der Waals surface area contributed by atoms with Crippen LogP contribution in [0, 0.1) is 15.9 Å². The molecule has 0 aliphatic heterocycles. The van der Waals surface area contributed by atoms with E-state index in [1.165, 1.54) is 36.4 Å². The second kappa shape index (κ2) is 12.0. The molecule has 0 bridgehead atoms. The van der Waals surface area contributed by atoms with E-state index in [0.717, 1.165) is 40.7 Å². The fourth-order valence-corrected chi connectivity index (χ4v) is 5.58. The van der Waals surface area contributed by atoms with Crippen LogP contribution >= 0.6 is 0 Å². The molecule has 0 spiro atoms. The predicted octanol–water partition coefficient (Wildman–Crippen LogP) is 2.91. The Balaban J connectivity index is 1.74. The van der Waals surface area contributed by atoms with Crippen LogP contribution in [0.5, 0.6) is 0 Å². The van der Waals surface area contributed by atoms with E-state index in [1.807, 2.05) is 0 Å². The van der Waals surface area contributed by atoms with Crippen LogP contribution in [0.2, 0.25) is 0 Å². The minimum Gasteiger partial charge on any atom is -0.481 e. The number of aliphatic carboxylic acids is 1. The topological polar surface area (TPSA) is 193 Å². The van der Waals surface area contributed by atoms with Gasteiger partial charge in [0.15, 0.2) is 0 Å². The highest BCUT2D eigenvalue weighted by Crippen LogP contribution is 2.22. The lowest BCUT2D eigenvalue weighted by atomic mass is 10.2. The number of non-ortho nitro benzene ring substituents is 1. The number of nitrogens with zero attached hydrogens (tertiary/aromatic N) is 2. The van der Waals surface area contributed by atoms with Crippen molar-refractivity contribution in [3.8, 4) is 0 Å². The average Bonchev–Trinajstić information content (AvgIpc) is 2.86. The minimum absolute atomic E-state index is 0.0354. The molecule has 16 heteroatoms. The van der Waals surface area contributed by atoms with E-state index in [0.29, 0.717) is 5.56 Å². The number of sulfonamides is 2. The van der Waals surface area contributed by atoms with Crippen LogP contribution in [0.3, 0.4) is 0 Å². The largest absolute Gasteiger partial charge is 0.481 e. The molecule has 3 aromatic rings. The van der Waals surface area contributed by atoms with Gasteiger partial charge in [0.25, 0.3) is 15.7 Å². The van der Waals surface area contributed by atoms with Crippen LogP contribution in [0.15, 0.2) is 82.6 Å². The summed E-state index contributed by atoms with van der Waals surface area (Å²) in [6.07, 6.45) is -0.505. The van der Waals surface area contributed by atoms with Gasteiger partial charge < -0.3 is 10.4 Å². The summed E-state index contributed by atoms with van der Waals surface area (Å²) in [6, 6.07) is 12.3. The van der Waals surface area contributed by atoms with Crippen molar-refractivity contribution in [2.45, 2.75) is 22.8 Å². The number of anilines is 1.